The average molecular weight is 321 g/mol. The largest absolute Gasteiger partial charge is 0.439 e. The summed E-state index contributed by atoms with van der Waals surface area (Å²) in [5.41, 5.74) is 7.63. The monoisotopic (exact) mass is 321 g/mol. The zero-order valence-corrected chi connectivity index (χ0v) is 12.7. The van der Waals surface area contributed by atoms with Gasteiger partial charge in [-0.25, -0.2) is 9.97 Å². The first-order chi connectivity index (χ1) is 11.5. The van der Waals surface area contributed by atoms with Crippen LogP contribution in [0.1, 0.15) is 17.3 Å². The molecule has 0 saturated carbocycles. The molecular formula is C17H13N4O3. The van der Waals surface area contributed by atoms with Gasteiger partial charge in [0.15, 0.2) is 0 Å². The van der Waals surface area contributed by atoms with Gasteiger partial charge in [-0.15, -0.1) is 0 Å². The molecule has 7 nitrogen and oxygen atoms in total. The van der Waals surface area contributed by atoms with Gasteiger partial charge in [0.05, 0.1) is 0 Å². The third-order valence-corrected chi connectivity index (χ3v) is 3.27. The number of carbonyl (C=O) groups is 2. The minimum atomic E-state index is -0.731. The number of ether oxygens (including phenoxy) is 1. The van der Waals surface area contributed by atoms with Crippen LogP contribution in [0.4, 0.5) is 5.82 Å². The maximum atomic E-state index is 11.3. The highest BCUT2D eigenvalue weighted by Gasteiger charge is 2.08. The molecule has 2 aromatic carbocycles. The summed E-state index contributed by atoms with van der Waals surface area (Å²) in [6.07, 6.45) is 1.29. The number of amides is 2. The minimum Gasteiger partial charge on any atom is -0.439 e. The minimum absolute atomic E-state index is 0.238. The van der Waals surface area contributed by atoms with Crippen LogP contribution in [-0.4, -0.2) is 21.8 Å². The molecular weight excluding hydrogens is 308 g/mol. The van der Waals surface area contributed by atoms with Crippen molar-refractivity contribution in [2.75, 3.05) is 5.32 Å². The van der Waals surface area contributed by atoms with Crippen molar-refractivity contribution in [2.45, 2.75) is 6.92 Å². The van der Waals surface area contributed by atoms with Crippen LogP contribution in [0.25, 0.3) is 10.8 Å². The lowest BCUT2D eigenvalue weighted by Crippen LogP contribution is -2.07. The summed E-state index contributed by atoms with van der Waals surface area (Å²) in [6, 6.07) is 11.8. The second kappa shape index (κ2) is 6.33. The smallest absolute Gasteiger partial charge is 0.270 e. The van der Waals surface area contributed by atoms with E-state index in [1.165, 1.54) is 19.3 Å². The lowest BCUT2D eigenvalue weighted by atomic mass is 10.0. The highest BCUT2D eigenvalue weighted by molar-refractivity contribution is 6.06. The lowest BCUT2D eigenvalue weighted by molar-refractivity contribution is -0.114. The molecule has 0 fully saturated rings. The first-order valence-electron chi connectivity index (χ1n) is 7.09. The molecule has 1 heterocycles. The Balaban J connectivity index is 1.91. The van der Waals surface area contributed by atoms with Crippen LogP contribution in [0.15, 0.2) is 48.8 Å². The Morgan fingerprint density at radius 3 is 2.71 bits per heavy atom. The lowest BCUT2D eigenvalue weighted by Gasteiger charge is -2.08. The molecule has 0 spiro atoms. The van der Waals surface area contributed by atoms with E-state index in [0.717, 1.165) is 5.39 Å². The van der Waals surface area contributed by atoms with Gasteiger partial charge in [0, 0.05) is 18.6 Å². The van der Waals surface area contributed by atoms with Gasteiger partial charge >= 0.3 is 0 Å². The zero-order chi connectivity index (χ0) is 17.1. The number of nitrogens with one attached hydrogen (secondary N) is 2. The Morgan fingerprint density at radius 2 is 1.96 bits per heavy atom. The van der Waals surface area contributed by atoms with Gasteiger partial charge in [0.1, 0.15) is 17.9 Å². The molecule has 0 aliphatic carbocycles. The van der Waals surface area contributed by atoms with Crippen molar-refractivity contribution < 1.29 is 14.3 Å². The van der Waals surface area contributed by atoms with E-state index in [9.17, 15) is 9.59 Å². The standard InChI is InChI=1S/C17H13N4O3/c1-10(22)21-15-8-16(20-9-19-15)24-12-5-6-13-11(7-12)3-2-4-14(13)17(18)23/h2-9,18H,1H3,(H,19,20,21,22). The predicted molar refractivity (Wildman–Crippen MR) is 87.8 cm³/mol. The van der Waals surface area contributed by atoms with Crippen molar-refractivity contribution in [1.82, 2.24) is 15.7 Å². The van der Waals surface area contributed by atoms with Gasteiger partial charge < -0.3 is 10.1 Å². The van der Waals surface area contributed by atoms with Crippen molar-refractivity contribution in [3.63, 3.8) is 0 Å². The third-order valence-electron chi connectivity index (χ3n) is 3.27. The number of anilines is 1. The molecule has 119 valence electrons. The molecule has 3 aromatic rings. The van der Waals surface area contributed by atoms with Crippen molar-refractivity contribution in [3.05, 3.63) is 54.4 Å². The molecule has 0 aliphatic rings. The van der Waals surface area contributed by atoms with E-state index in [-0.39, 0.29) is 11.8 Å². The first-order valence-corrected chi connectivity index (χ1v) is 7.09. The topological polar surface area (TPSA) is 105 Å². The SMILES string of the molecule is CC(=O)Nc1cc(Oc2ccc3c(C([NH])=O)cccc3c2)ncn1. The molecule has 3 rings (SSSR count). The number of hydrogen-bond donors (Lipinski definition) is 1. The maximum absolute atomic E-state index is 11.3. The van der Waals surface area contributed by atoms with Gasteiger partial charge in [-0.1, -0.05) is 12.1 Å². The quantitative estimate of drug-likeness (QED) is 0.795. The van der Waals surface area contributed by atoms with Crippen LogP contribution in [0.3, 0.4) is 0 Å². The van der Waals surface area contributed by atoms with Gasteiger partial charge in [-0.2, -0.15) is 0 Å². The van der Waals surface area contributed by atoms with E-state index >= 15 is 0 Å². The average Bonchev–Trinajstić information content (AvgIpc) is 2.53. The van der Waals surface area contributed by atoms with Gasteiger partial charge in [-0.05, 0) is 35.0 Å². The Labute approximate surface area is 137 Å². The van der Waals surface area contributed by atoms with Crippen LogP contribution >= 0.6 is 0 Å². The molecule has 0 saturated heterocycles. The van der Waals surface area contributed by atoms with E-state index in [0.29, 0.717) is 22.5 Å². The number of hydrogen-bond acceptors (Lipinski definition) is 5. The summed E-state index contributed by atoms with van der Waals surface area (Å²) in [7, 11) is 0. The molecule has 2 amide bonds. The van der Waals surface area contributed by atoms with Crippen molar-refractivity contribution in [2.24, 2.45) is 0 Å². The number of aromatic nitrogens is 2. The summed E-state index contributed by atoms with van der Waals surface area (Å²) >= 11 is 0. The number of carbonyl (C=O) groups excluding carboxylic acids is 2. The maximum Gasteiger partial charge on any atom is 0.270 e. The summed E-state index contributed by atoms with van der Waals surface area (Å²) in [4.78, 5) is 30.3. The molecule has 0 atom stereocenters. The normalized spacial score (nSPS) is 10.4. The molecule has 1 aromatic heterocycles. The van der Waals surface area contributed by atoms with Crippen LogP contribution in [0.5, 0.6) is 11.6 Å². The number of nitrogens with zero attached hydrogens (tertiary/aromatic N) is 2. The van der Waals surface area contributed by atoms with E-state index < -0.39 is 5.91 Å². The molecule has 7 heteroatoms. The van der Waals surface area contributed by atoms with Crippen LogP contribution < -0.4 is 15.8 Å². The summed E-state index contributed by atoms with van der Waals surface area (Å²) in [5.74, 6) is 0.170. The molecule has 0 unspecified atom stereocenters. The van der Waals surface area contributed by atoms with Crippen LogP contribution in [0.2, 0.25) is 0 Å². The van der Waals surface area contributed by atoms with E-state index in [2.05, 4.69) is 15.3 Å². The number of rotatable bonds is 4. The first kappa shape index (κ1) is 15.4. The number of benzene rings is 2. The van der Waals surface area contributed by atoms with Crippen molar-refractivity contribution in [1.29, 1.82) is 0 Å². The van der Waals surface area contributed by atoms with Crippen molar-refractivity contribution in [3.8, 4) is 11.6 Å². The fraction of sp³-hybridized carbons (Fsp3) is 0.0588. The van der Waals surface area contributed by atoms with Crippen molar-refractivity contribution >= 4 is 28.4 Å². The Bertz CT molecular complexity index is 940. The van der Waals surface area contributed by atoms with E-state index in [1.54, 1.807) is 30.3 Å². The molecule has 2 N–H and O–H groups in total. The molecule has 0 aliphatic heterocycles. The highest BCUT2D eigenvalue weighted by Crippen LogP contribution is 2.27. The van der Waals surface area contributed by atoms with Crippen LogP contribution in [-0.2, 0) is 4.79 Å². The Kier molecular flexibility index (Phi) is 4.07. The van der Waals surface area contributed by atoms with E-state index in [1.807, 2.05) is 6.07 Å². The molecule has 24 heavy (non-hydrogen) atoms. The Morgan fingerprint density at radius 1 is 1.12 bits per heavy atom. The second-order valence-corrected chi connectivity index (χ2v) is 5.04. The zero-order valence-electron chi connectivity index (χ0n) is 12.7. The van der Waals surface area contributed by atoms with Gasteiger partial charge in [-0.3, -0.25) is 15.3 Å². The fourth-order valence-electron chi connectivity index (χ4n) is 2.29. The van der Waals surface area contributed by atoms with Crippen LogP contribution in [0, 0.1) is 0 Å². The highest BCUT2D eigenvalue weighted by atomic mass is 16.5. The van der Waals surface area contributed by atoms with Gasteiger partial charge in [0.25, 0.3) is 5.91 Å². The summed E-state index contributed by atoms with van der Waals surface area (Å²) in [5, 5.41) is 4.02. The Hall–Kier alpha value is -3.48. The fourth-order valence-corrected chi connectivity index (χ4v) is 2.29. The predicted octanol–water partition coefficient (Wildman–Crippen LogP) is 2.80. The second-order valence-electron chi connectivity index (χ2n) is 5.04. The summed E-state index contributed by atoms with van der Waals surface area (Å²) < 4.78 is 5.67. The molecule has 0 bridgehead atoms. The third kappa shape index (κ3) is 3.30. The number of fused-ring (bicyclic) bond motifs is 1. The summed E-state index contributed by atoms with van der Waals surface area (Å²) in [6.45, 7) is 1.39. The van der Waals surface area contributed by atoms with Gasteiger partial charge in [0.2, 0.25) is 11.8 Å². The molecule has 1 radical (unpaired) electrons. The van der Waals surface area contributed by atoms with E-state index in [4.69, 9.17) is 10.5 Å².